The summed E-state index contributed by atoms with van der Waals surface area (Å²) >= 11 is 0. The number of hydrogen-bond donors (Lipinski definition) is 1. The van der Waals surface area contributed by atoms with Gasteiger partial charge in [-0.2, -0.15) is 0 Å². The number of nitrogens with zero attached hydrogens (tertiary/aromatic N) is 1. The van der Waals surface area contributed by atoms with Gasteiger partial charge in [0.05, 0.1) is 5.69 Å². The van der Waals surface area contributed by atoms with E-state index in [1.54, 1.807) is 18.3 Å². The highest BCUT2D eigenvalue weighted by atomic mass is 19.1. The maximum absolute atomic E-state index is 12.9. The Hall–Kier alpha value is -1.22. The fourth-order valence-corrected chi connectivity index (χ4v) is 0.809. The van der Waals surface area contributed by atoms with Crippen molar-refractivity contribution in [1.29, 1.82) is 0 Å². The number of likely N-dealkylation sites (N-methyl/N-ethyl adjacent to an activating group) is 1. The zero-order valence-corrected chi connectivity index (χ0v) is 6.92. The summed E-state index contributed by atoms with van der Waals surface area (Å²) in [7, 11) is 1.83. The van der Waals surface area contributed by atoms with Crippen molar-refractivity contribution in [2.24, 2.45) is 0 Å². The number of rotatable bonds is 3. The normalized spacial score (nSPS) is 10.8. The summed E-state index contributed by atoms with van der Waals surface area (Å²) in [6.45, 7) is 0.718. The topological polar surface area (TPSA) is 24.9 Å². The zero-order chi connectivity index (χ0) is 8.81. The van der Waals surface area contributed by atoms with Crippen LogP contribution in [0.1, 0.15) is 5.69 Å². The average molecular weight is 166 g/mol. The monoisotopic (exact) mass is 166 g/mol. The van der Waals surface area contributed by atoms with E-state index in [0.717, 1.165) is 6.54 Å². The van der Waals surface area contributed by atoms with Crippen molar-refractivity contribution in [3.05, 3.63) is 35.9 Å². The maximum Gasteiger partial charge on any atom is 0.148 e. The van der Waals surface area contributed by atoms with Crippen molar-refractivity contribution in [3.8, 4) is 0 Å². The third-order valence-electron chi connectivity index (χ3n) is 1.38. The van der Waals surface area contributed by atoms with Gasteiger partial charge in [0.1, 0.15) is 5.82 Å². The zero-order valence-electron chi connectivity index (χ0n) is 6.92. The van der Waals surface area contributed by atoms with E-state index in [0.29, 0.717) is 5.69 Å². The Labute approximate surface area is 71.1 Å². The first-order chi connectivity index (χ1) is 5.84. The van der Waals surface area contributed by atoms with E-state index in [1.165, 1.54) is 6.07 Å². The molecule has 1 N–H and O–H groups in total. The minimum absolute atomic E-state index is 0.287. The van der Waals surface area contributed by atoms with Crippen molar-refractivity contribution in [2.45, 2.75) is 0 Å². The van der Waals surface area contributed by atoms with Gasteiger partial charge in [-0.25, -0.2) is 4.39 Å². The Kier molecular flexibility index (Phi) is 3.41. The largest absolute Gasteiger partial charge is 0.316 e. The van der Waals surface area contributed by atoms with Crippen LogP contribution in [0.15, 0.2) is 24.4 Å². The van der Waals surface area contributed by atoms with Crippen molar-refractivity contribution < 1.29 is 4.39 Å². The van der Waals surface area contributed by atoms with E-state index in [2.05, 4.69) is 10.3 Å². The summed E-state index contributed by atoms with van der Waals surface area (Å²) in [6, 6.07) is 2.97. The summed E-state index contributed by atoms with van der Waals surface area (Å²) in [4.78, 5) is 3.86. The van der Waals surface area contributed by atoms with Crippen LogP contribution in [0.2, 0.25) is 0 Å². The van der Waals surface area contributed by atoms with Crippen LogP contribution in [0.4, 0.5) is 4.39 Å². The molecule has 12 heavy (non-hydrogen) atoms. The third-order valence-corrected chi connectivity index (χ3v) is 1.38. The Morgan fingerprint density at radius 2 is 2.50 bits per heavy atom. The van der Waals surface area contributed by atoms with Gasteiger partial charge in [-0.15, -0.1) is 0 Å². The predicted molar refractivity (Wildman–Crippen MR) is 47.2 cm³/mol. The van der Waals surface area contributed by atoms with Crippen LogP contribution in [-0.2, 0) is 0 Å². The highest BCUT2D eigenvalue weighted by molar-refractivity contribution is 5.44. The molecule has 1 aromatic rings. The smallest absolute Gasteiger partial charge is 0.148 e. The van der Waals surface area contributed by atoms with Gasteiger partial charge in [-0.05, 0) is 25.3 Å². The molecule has 0 radical (unpaired) electrons. The first-order valence-corrected chi connectivity index (χ1v) is 3.76. The second-order valence-electron chi connectivity index (χ2n) is 2.33. The van der Waals surface area contributed by atoms with Gasteiger partial charge in [0, 0.05) is 12.7 Å². The van der Waals surface area contributed by atoms with Crippen LogP contribution < -0.4 is 5.32 Å². The fourth-order valence-electron chi connectivity index (χ4n) is 0.809. The molecule has 2 nitrogen and oxygen atoms in total. The second-order valence-corrected chi connectivity index (χ2v) is 2.33. The first kappa shape index (κ1) is 8.87. The van der Waals surface area contributed by atoms with Gasteiger partial charge in [0.15, 0.2) is 0 Å². The molecule has 3 heteroatoms. The summed E-state index contributed by atoms with van der Waals surface area (Å²) in [5.41, 5.74) is 0.382. The minimum Gasteiger partial charge on any atom is -0.316 e. The van der Waals surface area contributed by atoms with Gasteiger partial charge in [0.2, 0.25) is 0 Å². The summed E-state index contributed by atoms with van der Waals surface area (Å²) in [5, 5.41) is 2.92. The van der Waals surface area contributed by atoms with Crippen LogP contribution >= 0.6 is 0 Å². The molecule has 0 bridgehead atoms. The van der Waals surface area contributed by atoms with Crippen LogP contribution in [-0.4, -0.2) is 18.6 Å². The highest BCUT2D eigenvalue weighted by Crippen LogP contribution is 2.03. The Morgan fingerprint density at radius 1 is 1.67 bits per heavy atom. The van der Waals surface area contributed by atoms with Crippen LogP contribution in [0.5, 0.6) is 0 Å². The minimum atomic E-state index is -0.287. The molecule has 1 heterocycles. The molecule has 0 aliphatic carbocycles. The maximum atomic E-state index is 12.9. The van der Waals surface area contributed by atoms with E-state index in [1.807, 2.05) is 13.1 Å². The molecule has 0 spiro atoms. The van der Waals surface area contributed by atoms with E-state index >= 15 is 0 Å². The molecule has 64 valence electrons. The lowest BCUT2D eigenvalue weighted by Crippen LogP contribution is -2.03. The van der Waals surface area contributed by atoms with Crippen molar-refractivity contribution >= 4 is 6.08 Å². The molecule has 0 amide bonds. The average Bonchev–Trinajstić information content (AvgIpc) is 2.09. The number of halogens is 1. The molecule has 0 saturated carbocycles. The van der Waals surface area contributed by atoms with Crippen LogP contribution in [0, 0.1) is 5.82 Å². The number of aromatic nitrogens is 1. The van der Waals surface area contributed by atoms with Gasteiger partial charge in [0.25, 0.3) is 0 Å². The van der Waals surface area contributed by atoms with Gasteiger partial charge >= 0.3 is 0 Å². The summed E-state index contributed by atoms with van der Waals surface area (Å²) in [6.07, 6.45) is 5.05. The summed E-state index contributed by atoms with van der Waals surface area (Å²) < 4.78 is 12.9. The number of pyridine rings is 1. The van der Waals surface area contributed by atoms with Crippen molar-refractivity contribution in [3.63, 3.8) is 0 Å². The molecular formula is C9H11FN2. The van der Waals surface area contributed by atoms with Gasteiger partial charge in [-0.3, -0.25) is 4.98 Å². The SMILES string of the molecule is CNCC=Cc1ncccc1F. The molecule has 1 rings (SSSR count). The molecule has 0 fully saturated rings. The van der Waals surface area contributed by atoms with Crippen molar-refractivity contribution in [2.75, 3.05) is 13.6 Å². The number of hydrogen-bond acceptors (Lipinski definition) is 2. The predicted octanol–water partition coefficient (Wildman–Crippen LogP) is 1.45. The summed E-state index contributed by atoms with van der Waals surface area (Å²) in [5.74, 6) is -0.287. The molecule has 0 aromatic carbocycles. The second kappa shape index (κ2) is 4.62. The molecule has 0 atom stereocenters. The standard InChI is InChI=1S/C9H11FN2/c1-11-6-3-5-9-8(10)4-2-7-12-9/h2-5,7,11H,6H2,1H3. The molecule has 1 aromatic heterocycles. The van der Waals surface area contributed by atoms with Crippen LogP contribution in [0.3, 0.4) is 0 Å². The fraction of sp³-hybridized carbons (Fsp3) is 0.222. The van der Waals surface area contributed by atoms with E-state index in [4.69, 9.17) is 0 Å². The van der Waals surface area contributed by atoms with E-state index in [-0.39, 0.29) is 5.82 Å². The lowest BCUT2D eigenvalue weighted by atomic mass is 10.3. The molecular weight excluding hydrogens is 155 g/mol. The quantitative estimate of drug-likeness (QED) is 0.735. The Morgan fingerprint density at radius 3 is 3.17 bits per heavy atom. The molecule has 0 saturated heterocycles. The van der Waals surface area contributed by atoms with E-state index < -0.39 is 0 Å². The molecule has 0 aliphatic rings. The Balaban J connectivity index is 2.68. The molecule has 0 unspecified atom stereocenters. The van der Waals surface area contributed by atoms with Crippen LogP contribution in [0.25, 0.3) is 6.08 Å². The first-order valence-electron chi connectivity index (χ1n) is 3.76. The van der Waals surface area contributed by atoms with Crippen molar-refractivity contribution in [1.82, 2.24) is 10.3 Å². The van der Waals surface area contributed by atoms with Gasteiger partial charge < -0.3 is 5.32 Å². The lowest BCUT2D eigenvalue weighted by molar-refractivity contribution is 0.618. The highest BCUT2D eigenvalue weighted by Gasteiger charge is 1.95. The number of nitrogens with one attached hydrogen (secondary N) is 1. The lowest BCUT2D eigenvalue weighted by Gasteiger charge is -1.93. The molecule has 0 aliphatic heterocycles. The third kappa shape index (κ3) is 2.43. The Bertz CT molecular complexity index is 271. The van der Waals surface area contributed by atoms with E-state index in [9.17, 15) is 4.39 Å². The van der Waals surface area contributed by atoms with Gasteiger partial charge in [-0.1, -0.05) is 6.08 Å².